The van der Waals surface area contributed by atoms with Gasteiger partial charge in [0.15, 0.2) is 0 Å². The lowest BCUT2D eigenvalue weighted by molar-refractivity contribution is -0.153. The third kappa shape index (κ3) is 5.31. The molecule has 6 heteroatoms. The number of nitrogens with one attached hydrogen (secondary N) is 1. The van der Waals surface area contributed by atoms with Crippen LogP contribution in [0.2, 0.25) is 0 Å². The second-order valence-electron chi connectivity index (χ2n) is 7.33. The van der Waals surface area contributed by atoms with Crippen LogP contribution in [0.15, 0.2) is 30.3 Å². The molecule has 1 atom stereocenters. The number of carbonyl (C=O) groups excluding carboxylic acids is 3. The number of rotatable bonds is 7. The third-order valence-corrected chi connectivity index (χ3v) is 5.39. The van der Waals surface area contributed by atoms with Crippen molar-refractivity contribution in [2.75, 3.05) is 19.7 Å². The van der Waals surface area contributed by atoms with E-state index in [0.717, 1.165) is 38.5 Å². The molecule has 2 fully saturated rings. The fourth-order valence-corrected chi connectivity index (χ4v) is 3.91. The van der Waals surface area contributed by atoms with Gasteiger partial charge in [0, 0.05) is 19.0 Å². The zero-order valence-corrected chi connectivity index (χ0v) is 15.7. The van der Waals surface area contributed by atoms with Gasteiger partial charge in [-0.15, -0.1) is 0 Å². The average molecular weight is 372 g/mol. The molecule has 3 rings (SSSR count). The maximum atomic E-state index is 12.7. The Balaban J connectivity index is 1.47. The standard InChI is InChI=1S/C21H28N2O4/c24-19(27-14-6-9-16-7-2-1-3-8-16)15-18-20(25)22-12-13-23(18)21(26)17-10-4-5-11-17/h1-3,7-8,17-18H,4-6,9-15H2,(H,22,25). The van der Waals surface area contributed by atoms with Crippen LogP contribution >= 0.6 is 0 Å². The largest absolute Gasteiger partial charge is 0.466 e. The zero-order valence-electron chi connectivity index (χ0n) is 15.7. The summed E-state index contributed by atoms with van der Waals surface area (Å²) in [7, 11) is 0. The Hall–Kier alpha value is -2.37. The quantitative estimate of drug-likeness (QED) is 0.587. The van der Waals surface area contributed by atoms with E-state index in [4.69, 9.17) is 4.74 Å². The molecular formula is C21H28N2O4. The summed E-state index contributed by atoms with van der Waals surface area (Å²) in [5, 5.41) is 2.76. The molecule has 0 aromatic heterocycles. The fraction of sp³-hybridized carbons (Fsp3) is 0.571. The van der Waals surface area contributed by atoms with Gasteiger partial charge in [-0.05, 0) is 31.2 Å². The predicted molar refractivity (Wildman–Crippen MR) is 101 cm³/mol. The molecule has 27 heavy (non-hydrogen) atoms. The van der Waals surface area contributed by atoms with Gasteiger partial charge in [-0.3, -0.25) is 14.4 Å². The van der Waals surface area contributed by atoms with Gasteiger partial charge in [-0.2, -0.15) is 0 Å². The van der Waals surface area contributed by atoms with Crippen molar-refractivity contribution in [3.63, 3.8) is 0 Å². The molecule has 1 saturated heterocycles. The highest BCUT2D eigenvalue weighted by Gasteiger charge is 2.38. The number of carbonyl (C=O) groups is 3. The smallest absolute Gasteiger partial charge is 0.308 e. The summed E-state index contributed by atoms with van der Waals surface area (Å²) in [6.45, 7) is 1.23. The van der Waals surface area contributed by atoms with Gasteiger partial charge < -0.3 is 15.0 Å². The van der Waals surface area contributed by atoms with Crippen molar-refractivity contribution in [2.45, 2.75) is 51.0 Å². The molecule has 2 aliphatic rings. The van der Waals surface area contributed by atoms with E-state index in [0.29, 0.717) is 19.7 Å². The van der Waals surface area contributed by atoms with Crippen molar-refractivity contribution in [1.82, 2.24) is 10.2 Å². The molecule has 1 unspecified atom stereocenters. The van der Waals surface area contributed by atoms with Crippen molar-refractivity contribution in [2.24, 2.45) is 5.92 Å². The van der Waals surface area contributed by atoms with Crippen LogP contribution in [0.1, 0.15) is 44.1 Å². The van der Waals surface area contributed by atoms with E-state index >= 15 is 0 Å². The van der Waals surface area contributed by atoms with E-state index in [-0.39, 0.29) is 24.2 Å². The Morgan fingerprint density at radius 2 is 1.89 bits per heavy atom. The first-order valence-corrected chi connectivity index (χ1v) is 9.93. The van der Waals surface area contributed by atoms with Gasteiger partial charge in [-0.25, -0.2) is 0 Å². The predicted octanol–water partition coefficient (Wildman–Crippen LogP) is 2.07. The lowest BCUT2D eigenvalue weighted by Gasteiger charge is -2.36. The molecular weight excluding hydrogens is 344 g/mol. The number of benzene rings is 1. The highest BCUT2D eigenvalue weighted by atomic mass is 16.5. The summed E-state index contributed by atoms with van der Waals surface area (Å²) in [6.07, 6.45) is 5.38. The first kappa shape index (κ1) is 19.4. The van der Waals surface area contributed by atoms with Crippen LogP contribution in [0.25, 0.3) is 0 Å². The molecule has 146 valence electrons. The molecule has 1 aromatic carbocycles. The van der Waals surface area contributed by atoms with E-state index in [1.807, 2.05) is 30.3 Å². The summed E-state index contributed by atoms with van der Waals surface area (Å²) in [5.41, 5.74) is 1.20. The number of hydrogen-bond donors (Lipinski definition) is 1. The normalized spacial score (nSPS) is 20.4. The van der Waals surface area contributed by atoms with Crippen molar-refractivity contribution in [3.05, 3.63) is 35.9 Å². The minimum absolute atomic E-state index is 0.000271. The molecule has 1 aliphatic carbocycles. The number of aryl methyl sites for hydroxylation is 1. The third-order valence-electron chi connectivity index (χ3n) is 5.39. The minimum Gasteiger partial charge on any atom is -0.466 e. The molecule has 1 heterocycles. The van der Waals surface area contributed by atoms with Crippen LogP contribution in [0.3, 0.4) is 0 Å². The second-order valence-corrected chi connectivity index (χ2v) is 7.33. The Morgan fingerprint density at radius 1 is 1.15 bits per heavy atom. The molecule has 1 saturated carbocycles. The van der Waals surface area contributed by atoms with Crippen LogP contribution in [-0.4, -0.2) is 48.4 Å². The molecule has 0 bridgehead atoms. The van der Waals surface area contributed by atoms with Gasteiger partial charge >= 0.3 is 5.97 Å². The Bertz CT molecular complexity index is 655. The van der Waals surface area contributed by atoms with E-state index in [1.54, 1.807) is 4.90 Å². The molecule has 1 N–H and O–H groups in total. The number of ether oxygens (including phenoxy) is 1. The number of hydrogen-bond acceptors (Lipinski definition) is 4. The zero-order chi connectivity index (χ0) is 19.1. The summed E-state index contributed by atoms with van der Waals surface area (Å²) in [6, 6.07) is 9.28. The van der Waals surface area contributed by atoms with Gasteiger partial charge in [0.05, 0.1) is 13.0 Å². The van der Waals surface area contributed by atoms with Crippen molar-refractivity contribution in [1.29, 1.82) is 0 Å². The van der Waals surface area contributed by atoms with E-state index in [9.17, 15) is 14.4 Å². The van der Waals surface area contributed by atoms with Gasteiger partial charge in [-0.1, -0.05) is 43.2 Å². The molecule has 1 aromatic rings. The van der Waals surface area contributed by atoms with Crippen LogP contribution in [0.5, 0.6) is 0 Å². The van der Waals surface area contributed by atoms with Crippen molar-refractivity contribution in [3.8, 4) is 0 Å². The van der Waals surface area contributed by atoms with Gasteiger partial charge in [0.25, 0.3) is 0 Å². The van der Waals surface area contributed by atoms with E-state index < -0.39 is 12.0 Å². The topological polar surface area (TPSA) is 75.7 Å². The molecule has 0 radical (unpaired) electrons. The van der Waals surface area contributed by atoms with Crippen molar-refractivity contribution < 1.29 is 19.1 Å². The number of nitrogens with zero attached hydrogens (tertiary/aromatic N) is 1. The van der Waals surface area contributed by atoms with E-state index in [2.05, 4.69) is 5.32 Å². The summed E-state index contributed by atoms with van der Waals surface area (Å²) < 4.78 is 5.31. The Kier molecular flexibility index (Phi) is 6.85. The number of amides is 2. The lowest BCUT2D eigenvalue weighted by Crippen LogP contribution is -2.58. The van der Waals surface area contributed by atoms with Crippen molar-refractivity contribution >= 4 is 17.8 Å². The SMILES string of the molecule is O=C(CC1C(=O)NCCN1C(=O)C1CCCC1)OCCCc1ccccc1. The maximum absolute atomic E-state index is 12.7. The summed E-state index contributed by atoms with van der Waals surface area (Å²) in [4.78, 5) is 38.8. The monoisotopic (exact) mass is 372 g/mol. The van der Waals surface area contributed by atoms with Crippen LogP contribution in [-0.2, 0) is 25.5 Å². The van der Waals surface area contributed by atoms with Gasteiger partial charge in [0.1, 0.15) is 6.04 Å². The first-order valence-electron chi connectivity index (χ1n) is 9.93. The number of piperazine rings is 1. The summed E-state index contributed by atoms with van der Waals surface area (Å²) >= 11 is 0. The molecule has 1 aliphatic heterocycles. The minimum atomic E-state index is -0.742. The average Bonchev–Trinajstić information content (AvgIpc) is 3.22. The maximum Gasteiger partial charge on any atom is 0.308 e. The molecule has 2 amide bonds. The Morgan fingerprint density at radius 3 is 2.63 bits per heavy atom. The lowest BCUT2D eigenvalue weighted by atomic mass is 10.0. The summed E-state index contributed by atoms with van der Waals surface area (Å²) in [5.74, 6) is -0.660. The van der Waals surface area contributed by atoms with Gasteiger partial charge in [0.2, 0.25) is 11.8 Å². The Labute approximate surface area is 160 Å². The first-order chi connectivity index (χ1) is 13.1. The molecule has 0 spiro atoms. The number of esters is 1. The van der Waals surface area contributed by atoms with Crippen LogP contribution < -0.4 is 5.32 Å². The highest BCUT2D eigenvalue weighted by molar-refractivity contribution is 5.92. The molecule has 6 nitrogen and oxygen atoms in total. The van der Waals surface area contributed by atoms with Crippen LogP contribution in [0.4, 0.5) is 0 Å². The second kappa shape index (κ2) is 9.53. The fourth-order valence-electron chi connectivity index (χ4n) is 3.91. The highest BCUT2D eigenvalue weighted by Crippen LogP contribution is 2.28. The van der Waals surface area contributed by atoms with Crippen LogP contribution in [0, 0.1) is 5.92 Å². The van der Waals surface area contributed by atoms with E-state index in [1.165, 1.54) is 5.56 Å².